The average molecular weight is 295 g/mol. The Morgan fingerprint density at radius 2 is 2.12 bits per heavy atom. The van der Waals surface area contributed by atoms with Crippen LogP contribution in [0, 0.1) is 0 Å². The van der Waals surface area contributed by atoms with Crippen LogP contribution in [0.25, 0.3) is 0 Å². The first-order valence-corrected chi connectivity index (χ1v) is 5.44. The number of carbonyl (C=O) groups is 1. The van der Waals surface area contributed by atoms with Gasteiger partial charge in [0, 0.05) is 0 Å². The van der Waals surface area contributed by atoms with E-state index in [4.69, 9.17) is 4.74 Å². The van der Waals surface area contributed by atoms with Crippen LogP contribution in [0.2, 0.25) is 0 Å². The molecule has 0 fully saturated rings. The molecule has 0 bridgehead atoms. The molecule has 0 spiro atoms. The molecule has 0 saturated carbocycles. The molecule has 3 heteroatoms. The van der Waals surface area contributed by atoms with Crippen molar-refractivity contribution in [2.75, 3.05) is 6.61 Å². The smallest absolute Gasteiger partial charge is 0.338 e. The lowest BCUT2D eigenvalue weighted by Crippen LogP contribution is -2.05. The van der Waals surface area contributed by atoms with Crippen molar-refractivity contribution in [3.63, 3.8) is 0 Å². The van der Waals surface area contributed by atoms with Crippen LogP contribution < -0.4 is 0 Å². The van der Waals surface area contributed by atoms with Gasteiger partial charge in [-0.3, -0.25) is 0 Å². The summed E-state index contributed by atoms with van der Waals surface area (Å²) in [5, 5.41) is 0. The monoisotopic (exact) mass is 294 g/mol. The van der Waals surface area contributed by atoms with Gasteiger partial charge < -0.3 is 4.74 Å². The fraction of sp³-hybridized carbons (Fsp3) is 0.214. The molecule has 2 rings (SSSR count). The Kier molecular flexibility index (Phi) is 5.16. The molecule has 0 heterocycles. The molecule has 0 N–H and O–H groups in total. The van der Waals surface area contributed by atoms with Gasteiger partial charge in [-0.25, -0.2) is 4.79 Å². The number of carbonyl (C=O) groups excluding carboxylic acids is 1. The Bertz CT molecular complexity index is 451. The highest BCUT2D eigenvalue weighted by Crippen LogP contribution is 2.24. The molecular formula is C14H15BrO2. The van der Waals surface area contributed by atoms with Crippen molar-refractivity contribution in [2.24, 2.45) is 0 Å². The highest BCUT2D eigenvalue weighted by Gasteiger charge is 2.11. The van der Waals surface area contributed by atoms with Crippen molar-refractivity contribution in [1.82, 2.24) is 0 Å². The first kappa shape index (κ1) is 13.7. The Hall–Kier alpha value is -1.35. The summed E-state index contributed by atoms with van der Waals surface area (Å²) in [5.41, 5.74) is 3.00. The summed E-state index contributed by atoms with van der Waals surface area (Å²) in [6, 6.07) is 0. The first-order valence-electron chi connectivity index (χ1n) is 5.44. The van der Waals surface area contributed by atoms with Crippen molar-refractivity contribution in [3.8, 4) is 0 Å². The zero-order chi connectivity index (χ0) is 11.4. The molecule has 2 nitrogen and oxygen atoms in total. The van der Waals surface area contributed by atoms with Gasteiger partial charge in [0.25, 0.3) is 0 Å². The fourth-order valence-corrected chi connectivity index (χ4v) is 1.69. The second kappa shape index (κ2) is 6.40. The highest BCUT2D eigenvalue weighted by molar-refractivity contribution is 8.93. The van der Waals surface area contributed by atoms with E-state index >= 15 is 0 Å². The molecule has 0 aromatic rings. The Balaban J connectivity index is 0.00000144. The second-order valence-corrected chi connectivity index (χ2v) is 3.62. The van der Waals surface area contributed by atoms with E-state index in [1.165, 1.54) is 5.57 Å². The zero-order valence-electron chi connectivity index (χ0n) is 9.68. The van der Waals surface area contributed by atoms with Gasteiger partial charge >= 0.3 is 5.97 Å². The molecule has 2 aliphatic rings. The lowest BCUT2D eigenvalue weighted by molar-refractivity contribution is -0.138. The number of hydrogen-bond donors (Lipinski definition) is 0. The van der Waals surface area contributed by atoms with Crippen molar-refractivity contribution >= 4 is 23.0 Å². The zero-order valence-corrected chi connectivity index (χ0v) is 11.4. The maximum Gasteiger partial charge on any atom is 0.338 e. The normalized spacial score (nSPS) is 16.9. The third kappa shape index (κ3) is 3.30. The number of fused-ring (bicyclic) bond motifs is 1. The standard InChI is InChI=1S/C14H14O2.BrH/c1-2-16-14(15)13-9-7-11-5-3-4-6-12(11)8-10-13;/h3-5,7-10H,2,6H2,1H3;1H. The van der Waals surface area contributed by atoms with Gasteiger partial charge in [-0.2, -0.15) is 0 Å². The third-order valence-corrected chi connectivity index (χ3v) is 2.54. The summed E-state index contributed by atoms with van der Waals surface area (Å²) in [7, 11) is 0. The predicted octanol–water partition coefficient (Wildman–Crippen LogP) is 3.44. The topological polar surface area (TPSA) is 26.3 Å². The van der Waals surface area contributed by atoms with Crippen LogP contribution in [-0.2, 0) is 9.53 Å². The Labute approximate surface area is 112 Å². The lowest BCUT2D eigenvalue weighted by atomic mass is 9.98. The fourth-order valence-electron chi connectivity index (χ4n) is 1.69. The summed E-state index contributed by atoms with van der Waals surface area (Å²) in [5.74, 6) is -0.261. The number of hydrogen-bond acceptors (Lipinski definition) is 2. The minimum Gasteiger partial charge on any atom is -0.462 e. The van der Waals surface area contributed by atoms with E-state index in [0.717, 1.165) is 12.0 Å². The number of halogens is 1. The van der Waals surface area contributed by atoms with Crippen LogP contribution in [0.3, 0.4) is 0 Å². The van der Waals surface area contributed by atoms with E-state index < -0.39 is 0 Å². The SMILES string of the molecule is Br.CCOC(=O)C1=CC=C2CC=CC=C2C=C1. The highest BCUT2D eigenvalue weighted by atomic mass is 79.9. The summed E-state index contributed by atoms with van der Waals surface area (Å²) in [6.45, 7) is 2.22. The molecule has 0 amide bonds. The lowest BCUT2D eigenvalue weighted by Gasteiger charge is -2.07. The van der Waals surface area contributed by atoms with E-state index in [-0.39, 0.29) is 23.0 Å². The summed E-state index contributed by atoms with van der Waals surface area (Å²) in [4.78, 5) is 11.6. The molecule has 17 heavy (non-hydrogen) atoms. The maximum atomic E-state index is 11.6. The van der Waals surface area contributed by atoms with Crippen molar-refractivity contribution in [1.29, 1.82) is 0 Å². The summed E-state index contributed by atoms with van der Waals surface area (Å²) in [6.07, 6.45) is 14.7. The van der Waals surface area contributed by atoms with Gasteiger partial charge in [-0.05, 0) is 36.6 Å². The van der Waals surface area contributed by atoms with E-state index in [9.17, 15) is 4.79 Å². The van der Waals surface area contributed by atoms with Gasteiger partial charge in [0.15, 0.2) is 0 Å². The molecule has 0 radical (unpaired) electrons. The number of esters is 1. The van der Waals surface area contributed by atoms with E-state index in [1.807, 2.05) is 43.4 Å². The minimum atomic E-state index is -0.261. The molecule has 90 valence electrons. The van der Waals surface area contributed by atoms with Gasteiger partial charge in [-0.15, -0.1) is 17.0 Å². The number of allylic oxidation sites excluding steroid dienone is 8. The molecule has 0 aromatic carbocycles. The van der Waals surface area contributed by atoms with E-state index in [0.29, 0.717) is 12.2 Å². The van der Waals surface area contributed by atoms with Crippen LogP contribution in [0.5, 0.6) is 0 Å². The summed E-state index contributed by atoms with van der Waals surface area (Å²) >= 11 is 0. The number of ether oxygens (including phenoxy) is 1. The average Bonchev–Trinajstić information content (AvgIpc) is 2.51. The predicted molar refractivity (Wildman–Crippen MR) is 74.1 cm³/mol. The van der Waals surface area contributed by atoms with Crippen LogP contribution in [0.15, 0.2) is 59.3 Å². The van der Waals surface area contributed by atoms with Gasteiger partial charge in [0.2, 0.25) is 0 Å². The van der Waals surface area contributed by atoms with E-state index in [1.54, 1.807) is 0 Å². The maximum absolute atomic E-state index is 11.6. The molecule has 0 aromatic heterocycles. The molecule has 0 unspecified atom stereocenters. The molecule has 0 saturated heterocycles. The van der Waals surface area contributed by atoms with Gasteiger partial charge in [0.1, 0.15) is 0 Å². The second-order valence-electron chi connectivity index (χ2n) is 3.62. The summed E-state index contributed by atoms with van der Waals surface area (Å²) < 4.78 is 4.97. The Morgan fingerprint density at radius 3 is 2.88 bits per heavy atom. The quantitative estimate of drug-likeness (QED) is 0.729. The number of rotatable bonds is 2. The molecular weight excluding hydrogens is 280 g/mol. The van der Waals surface area contributed by atoms with Crippen LogP contribution in [0.4, 0.5) is 0 Å². The van der Waals surface area contributed by atoms with Gasteiger partial charge in [0.05, 0.1) is 12.2 Å². The van der Waals surface area contributed by atoms with Crippen LogP contribution in [0.1, 0.15) is 13.3 Å². The first-order chi connectivity index (χ1) is 7.81. The molecule has 0 atom stereocenters. The Morgan fingerprint density at radius 1 is 1.29 bits per heavy atom. The third-order valence-electron chi connectivity index (χ3n) is 2.54. The molecule has 2 aliphatic carbocycles. The van der Waals surface area contributed by atoms with Gasteiger partial charge in [-0.1, -0.05) is 30.4 Å². The van der Waals surface area contributed by atoms with Crippen molar-refractivity contribution in [2.45, 2.75) is 13.3 Å². The largest absolute Gasteiger partial charge is 0.462 e. The molecule has 0 aliphatic heterocycles. The van der Waals surface area contributed by atoms with Crippen molar-refractivity contribution in [3.05, 3.63) is 59.3 Å². The van der Waals surface area contributed by atoms with Crippen LogP contribution in [-0.4, -0.2) is 12.6 Å². The minimum absolute atomic E-state index is 0. The van der Waals surface area contributed by atoms with Crippen LogP contribution >= 0.6 is 17.0 Å². The van der Waals surface area contributed by atoms with Crippen molar-refractivity contribution < 1.29 is 9.53 Å². The van der Waals surface area contributed by atoms with E-state index in [2.05, 4.69) is 6.08 Å².